The first-order valence-electron chi connectivity index (χ1n) is 15.4. The number of aromatic nitrogens is 8. The molecule has 4 aromatic carbocycles. The van der Waals surface area contributed by atoms with Crippen molar-refractivity contribution in [1.29, 1.82) is 0 Å². The maximum atomic E-state index is 15.9. The minimum atomic E-state index is -1.46. The first kappa shape index (κ1) is 34.8. The number of imidazole rings is 2. The third kappa shape index (κ3) is 5.90. The number of amides is 2. The molecule has 0 unspecified atom stereocenters. The van der Waals surface area contributed by atoms with Gasteiger partial charge in [0.2, 0.25) is 5.82 Å². The van der Waals surface area contributed by atoms with E-state index in [0.29, 0.717) is 33.0 Å². The number of nitrogens with two attached hydrogens (primary N) is 2. The highest BCUT2D eigenvalue weighted by atomic mass is 35.5. The molecule has 16 nitrogen and oxygen atoms in total. The number of primary amides is 2. The highest BCUT2D eigenvalue weighted by Gasteiger charge is 2.28. The van der Waals surface area contributed by atoms with E-state index >= 15 is 4.39 Å². The summed E-state index contributed by atoms with van der Waals surface area (Å²) in [5.41, 5.74) is 12.8. The Bertz CT molecular complexity index is 2640. The molecule has 0 fully saturated rings. The highest BCUT2D eigenvalue weighted by Crippen LogP contribution is 2.39. The first-order chi connectivity index (χ1) is 25.4. The van der Waals surface area contributed by atoms with Crippen LogP contribution in [0.2, 0.25) is 10.0 Å². The Morgan fingerprint density at radius 3 is 1.91 bits per heavy atom. The molecule has 268 valence electrons. The number of rotatable bonds is 11. The topological polar surface area (TPSA) is 232 Å². The zero-order valence-electron chi connectivity index (χ0n) is 27.5. The lowest BCUT2D eigenvalue weighted by Gasteiger charge is -2.16. The molecule has 0 aliphatic carbocycles. The molecule has 0 aliphatic heterocycles. The standard InChI is InChI=1S/C34H25Cl2FN10O6/c1-52-27-17(29(38)48)5-7-22-25(27)40-32(16-4-3-14(35)11-19(16)31-42-44-45-43-31)46(22)9-10-47-23-8-6-18(30(39)49)28(53-2)26(23)41-33(47)24-20(34(50)51)12-15(36)13-21(24)37/h3-8,11-13H,9-10H2,1-2H3,(H2,38,48)(H2,39,49)(H,50,51)(H,42,43,44,45). The number of ether oxygens (including phenoxy) is 2. The number of hydrogen-bond donors (Lipinski definition) is 4. The van der Waals surface area contributed by atoms with Crippen LogP contribution in [-0.2, 0) is 13.1 Å². The summed E-state index contributed by atoms with van der Waals surface area (Å²) in [5, 5.41) is 24.7. The largest absolute Gasteiger partial charge is 0.494 e. The molecule has 0 bridgehead atoms. The SMILES string of the molecule is COc1c(C(N)=O)ccc2c1nc(-c1ccc(Cl)cc1-c1nn[nH]n1)n2CCn1c(-c2c(F)cc(Cl)cc2C(=O)O)nc2c(OC)c(C(N)=O)ccc21. The molecule has 7 rings (SSSR count). The summed E-state index contributed by atoms with van der Waals surface area (Å²) >= 11 is 12.5. The van der Waals surface area contributed by atoms with E-state index in [0.717, 1.165) is 12.1 Å². The average molecular weight is 760 g/mol. The molecule has 7 aromatic rings. The normalized spacial score (nSPS) is 11.3. The van der Waals surface area contributed by atoms with E-state index in [-0.39, 0.29) is 69.0 Å². The van der Waals surface area contributed by atoms with E-state index in [4.69, 9.17) is 49.1 Å². The fourth-order valence-electron chi connectivity index (χ4n) is 6.33. The molecule has 3 aromatic heterocycles. The fourth-order valence-corrected chi connectivity index (χ4v) is 6.70. The minimum Gasteiger partial charge on any atom is -0.494 e. The van der Waals surface area contributed by atoms with Gasteiger partial charge in [-0.3, -0.25) is 9.59 Å². The lowest BCUT2D eigenvalue weighted by molar-refractivity contribution is 0.0696. The number of nitrogens with one attached hydrogen (secondary N) is 1. The van der Waals surface area contributed by atoms with Crippen LogP contribution in [0.5, 0.6) is 11.5 Å². The Morgan fingerprint density at radius 1 is 0.792 bits per heavy atom. The summed E-state index contributed by atoms with van der Waals surface area (Å²) in [5.74, 6) is -3.37. The van der Waals surface area contributed by atoms with Crippen LogP contribution in [0.1, 0.15) is 31.1 Å². The molecule has 2 amide bonds. The molecule has 53 heavy (non-hydrogen) atoms. The molecule has 0 saturated heterocycles. The van der Waals surface area contributed by atoms with Crippen LogP contribution in [-0.4, -0.2) is 76.8 Å². The van der Waals surface area contributed by atoms with Gasteiger partial charge in [-0.25, -0.2) is 19.2 Å². The number of H-pyrrole nitrogens is 1. The summed E-state index contributed by atoms with van der Waals surface area (Å²) in [6.45, 7) is 0.0602. The number of carbonyl (C=O) groups excluding carboxylic acids is 2. The summed E-state index contributed by atoms with van der Waals surface area (Å²) < 4.78 is 30.4. The molecule has 0 aliphatic rings. The lowest BCUT2D eigenvalue weighted by Crippen LogP contribution is -2.14. The van der Waals surface area contributed by atoms with Gasteiger partial charge in [0.05, 0.1) is 47.5 Å². The molecule has 0 saturated carbocycles. The monoisotopic (exact) mass is 758 g/mol. The Balaban J connectivity index is 1.50. The van der Waals surface area contributed by atoms with Crippen molar-refractivity contribution in [2.24, 2.45) is 11.5 Å². The third-order valence-corrected chi connectivity index (χ3v) is 9.01. The second kappa shape index (κ2) is 13.5. The van der Waals surface area contributed by atoms with Gasteiger partial charge in [-0.15, -0.1) is 10.2 Å². The van der Waals surface area contributed by atoms with Crippen molar-refractivity contribution in [2.45, 2.75) is 13.1 Å². The van der Waals surface area contributed by atoms with Gasteiger partial charge in [-0.2, -0.15) is 5.21 Å². The number of halogens is 3. The van der Waals surface area contributed by atoms with E-state index in [2.05, 4.69) is 25.6 Å². The van der Waals surface area contributed by atoms with Crippen LogP contribution in [0.3, 0.4) is 0 Å². The molecule has 19 heteroatoms. The van der Waals surface area contributed by atoms with Crippen molar-refractivity contribution < 1.29 is 33.4 Å². The van der Waals surface area contributed by atoms with Crippen LogP contribution in [0, 0.1) is 5.82 Å². The van der Waals surface area contributed by atoms with Crippen molar-refractivity contribution in [3.63, 3.8) is 0 Å². The second-order valence-corrected chi connectivity index (χ2v) is 12.3. The minimum absolute atomic E-state index is 0.00297. The van der Waals surface area contributed by atoms with E-state index in [9.17, 15) is 19.5 Å². The van der Waals surface area contributed by atoms with E-state index in [1.165, 1.54) is 26.4 Å². The van der Waals surface area contributed by atoms with Crippen LogP contribution in [0.4, 0.5) is 4.39 Å². The predicted molar refractivity (Wildman–Crippen MR) is 191 cm³/mol. The van der Waals surface area contributed by atoms with E-state index < -0.39 is 29.2 Å². The quantitative estimate of drug-likeness (QED) is 0.138. The molecule has 0 spiro atoms. The lowest BCUT2D eigenvalue weighted by atomic mass is 10.1. The summed E-state index contributed by atoms with van der Waals surface area (Å²) in [6.07, 6.45) is 0. The predicted octanol–water partition coefficient (Wildman–Crippen LogP) is 4.96. The number of carboxylic acids is 1. The van der Waals surface area contributed by atoms with Gasteiger partial charge in [-0.05, 0) is 59.8 Å². The maximum Gasteiger partial charge on any atom is 0.336 e. The van der Waals surface area contributed by atoms with Gasteiger partial charge >= 0.3 is 5.97 Å². The zero-order valence-corrected chi connectivity index (χ0v) is 29.0. The van der Waals surface area contributed by atoms with Crippen LogP contribution in [0.25, 0.3) is 56.2 Å². The van der Waals surface area contributed by atoms with Gasteiger partial charge in [-0.1, -0.05) is 23.2 Å². The summed E-state index contributed by atoms with van der Waals surface area (Å²) in [4.78, 5) is 46.7. The van der Waals surface area contributed by atoms with Crippen molar-refractivity contribution >= 4 is 63.1 Å². The number of methoxy groups -OCH3 is 2. The fraction of sp³-hybridized carbons (Fsp3) is 0.118. The number of aryl methyl sites for hydroxylation is 2. The molecular weight excluding hydrogens is 734 g/mol. The Labute approximate surface area is 307 Å². The van der Waals surface area contributed by atoms with Gasteiger partial charge in [0.25, 0.3) is 11.8 Å². The van der Waals surface area contributed by atoms with Crippen LogP contribution < -0.4 is 20.9 Å². The zero-order chi connectivity index (χ0) is 37.7. The number of hydrogen-bond acceptors (Lipinski definition) is 10. The maximum absolute atomic E-state index is 15.9. The van der Waals surface area contributed by atoms with Gasteiger partial charge in [0.1, 0.15) is 28.5 Å². The molecule has 0 radical (unpaired) electrons. The molecule has 0 atom stereocenters. The molecule has 3 heterocycles. The van der Waals surface area contributed by atoms with Crippen molar-refractivity contribution in [3.05, 3.63) is 87.2 Å². The smallest absolute Gasteiger partial charge is 0.336 e. The van der Waals surface area contributed by atoms with Crippen molar-refractivity contribution in [3.8, 4) is 45.7 Å². The van der Waals surface area contributed by atoms with E-state index in [1.54, 1.807) is 39.5 Å². The number of aromatic amines is 1. The van der Waals surface area contributed by atoms with Crippen molar-refractivity contribution in [2.75, 3.05) is 14.2 Å². The van der Waals surface area contributed by atoms with Gasteiger partial charge in [0, 0.05) is 34.3 Å². The number of fused-ring (bicyclic) bond motifs is 2. The number of tetrazole rings is 1. The van der Waals surface area contributed by atoms with Gasteiger partial charge < -0.3 is 35.2 Å². The average Bonchev–Trinajstić information content (AvgIpc) is 3.87. The Kier molecular flexibility index (Phi) is 8.88. The summed E-state index contributed by atoms with van der Waals surface area (Å²) in [7, 11) is 2.70. The first-order valence-corrected chi connectivity index (χ1v) is 16.2. The van der Waals surface area contributed by atoms with Crippen LogP contribution >= 0.6 is 23.2 Å². The number of benzene rings is 4. The molecular formula is C34H25Cl2FN10O6. The Hall–Kier alpha value is -6.59. The molecule has 6 N–H and O–H groups in total. The number of nitrogens with zero attached hydrogens (tertiary/aromatic N) is 7. The Morgan fingerprint density at radius 2 is 1.38 bits per heavy atom. The number of aromatic carboxylic acids is 1. The van der Waals surface area contributed by atoms with E-state index in [1.807, 2.05) is 0 Å². The highest BCUT2D eigenvalue weighted by molar-refractivity contribution is 6.31. The van der Waals surface area contributed by atoms with Crippen LogP contribution in [0.15, 0.2) is 54.6 Å². The number of carbonyl (C=O) groups is 3. The second-order valence-electron chi connectivity index (χ2n) is 11.5. The van der Waals surface area contributed by atoms with Gasteiger partial charge in [0.15, 0.2) is 11.5 Å². The van der Waals surface area contributed by atoms with Crippen molar-refractivity contribution in [1.82, 2.24) is 39.7 Å². The third-order valence-electron chi connectivity index (χ3n) is 8.55. The number of carboxylic acid groups (broad SMARTS) is 1. The summed E-state index contributed by atoms with van der Waals surface area (Å²) in [6, 6.07) is 13.2.